The van der Waals surface area contributed by atoms with Gasteiger partial charge in [0.2, 0.25) is 5.89 Å². The Kier molecular flexibility index (Phi) is 4.63. The average molecular weight is 291 g/mol. The molecular formula is C17H29N3O. The van der Waals surface area contributed by atoms with Crippen LogP contribution in [0.1, 0.15) is 95.2 Å². The third kappa shape index (κ3) is 3.31. The molecule has 0 spiro atoms. The third-order valence-electron chi connectivity index (χ3n) is 5.54. The zero-order valence-corrected chi connectivity index (χ0v) is 13.3. The zero-order valence-electron chi connectivity index (χ0n) is 13.3. The second-order valence-corrected chi connectivity index (χ2v) is 7.18. The largest absolute Gasteiger partial charge is 0.339 e. The Morgan fingerprint density at radius 3 is 2.57 bits per heavy atom. The molecule has 1 heterocycles. The minimum Gasteiger partial charge on any atom is -0.339 e. The molecule has 2 saturated carbocycles. The lowest BCUT2D eigenvalue weighted by atomic mass is 9.80. The quantitative estimate of drug-likeness (QED) is 0.880. The van der Waals surface area contributed by atoms with Crippen LogP contribution in [-0.4, -0.2) is 10.1 Å². The van der Waals surface area contributed by atoms with Crippen molar-refractivity contribution in [3.05, 3.63) is 11.7 Å². The minimum atomic E-state index is -0.319. The first-order valence-electron chi connectivity index (χ1n) is 8.84. The Morgan fingerprint density at radius 1 is 1.19 bits per heavy atom. The Morgan fingerprint density at radius 2 is 1.90 bits per heavy atom. The SMILES string of the molecule is CCCCC1CCC(c2nc(C3(N)CCCC3)no2)CC1. The molecule has 0 bridgehead atoms. The second-order valence-electron chi connectivity index (χ2n) is 7.18. The van der Waals surface area contributed by atoms with Gasteiger partial charge in [0.25, 0.3) is 0 Å². The maximum atomic E-state index is 6.42. The normalized spacial score (nSPS) is 28.9. The first-order chi connectivity index (χ1) is 10.2. The number of hydrogen-bond donors (Lipinski definition) is 1. The van der Waals surface area contributed by atoms with Gasteiger partial charge in [-0.25, -0.2) is 0 Å². The van der Waals surface area contributed by atoms with Gasteiger partial charge in [0.05, 0.1) is 5.54 Å². The van der Waals surface area contributed by atoms with Gasteiger partial charge in [-0.1, -0.05) is 44.2 Å². The van der Waals surface area contributed by atoms with Gasteiger partial charge in [-0.2, -0.15) is 4.98 Å². The van der Waals surface area contributed by atoms with Gasteiger partial charge < -0.3 is 10.3 Å². The van der Waals surface area contributed by atoms with E-state index in [2.05, 4.69) is 17.1 Å². The summed E-state index contributed by atoms with van der Waals surface area (Å²) >= 11 is 0. The summed E-state index contributed by atoms with van der Waals surface area (Å²) in [5.74, 6) is 2.98. The molecule has 118 valence electrons. The molecule has 21 heavy (non-hydrogen) atoms. The van der Waals surface area contributed by atoms with Crippen LogP contribution < -0.4 is 5.73 Å². The molecule has 2 N–H and O–H groups in total. The van der Waals surface area contributed by atoms with Gasteiger partial charge in [-0.05, 0) is 44.4 Å². The predicted octanol–water partition coefficient (Wildman–Crippen LogP) is 4.26. The molecule has 0 atom stereocenters. The van der Waals surface area contributed by atoms with Crippen LogP contribution in [0.2, 0.25) is 0 Å². The van der Waals surface area contributed by atoms with Crippen LogP contribution in [-0.2, 0) is 5.54 Å². The fourth-order valence-corrected chi connectivity index (χ4v) is 4.02. The lowest BCUT2D eigenvalue weighted by molar-refractivity contribution is 0.258. The van der Waals surface area contributed by atoms with Crippen molar-refractivity contribution in [1.29, 1.82) is 0 Å². The van der Waals surface area contributed by atoms with Crippen molar-refractivity contribution >= 4 is 0 Å². The molecule has 0 aromatic carbocycles. The highest BCUT2D eigenvalue weighted by atomic mass is 16.5. The Labute approximate surface area is 127 Å². The van der Waals surface area contributed by atoms with E-state index in [9.17, 15) is 0 Å². The predicted molar refractivity (Wildman–Crippen MR) is 82.9 cm³/mol. The summed E-state index contributed by atoms with van der Waals surface area (Å²) in [6.45, 7) is 2.28. The smallest absolute Gasteiger partial charge is 0.229 e. The number of nitrogens with two attached hydrogens (primary N) is 1. The van der Waals surface area contributed by atoms with Crippen molar-refractivity contribution in [2.24, 2.45) is 11.7 Å². The molecular weight excluding hydrogens is 262 g/mol. The van der Waals surface area contributed by atoms with Crippen LogP contribution in [0.15, 0.2) is 4.52 Å². The zero-order chi connectivity index (χ0) is 14.7. The molecule has 4 nitrogen and oxygen atoms in total. The van der Waals surface area contributed by atoms with Crippen molar-refractivity contribution in [3.8, 4) is 0 Å². The standard InChI is InChI=1S/C17H29N3O/c1-2-3-6-13-7-9-14(10-8-13)15-19-16(20-21-15)17(18)11-4-5-12-17/h13-14H,2-12,18H2,1H3. The summed E-state index contributed by atoms with van der Waals surface area (Å²) in [6.07, 6.45) is 13.5. The van der Waals surface area contributed by atoms with Crippen LogP contribution >= 0.6 is 0 Å². The van der Waals surface area contributed by atoms with Gasteiger partial charge >= 0.3 is 0 Å². The number of aromatic nitrogens is 2. The van der Waals surface area contributed by atoms with Crippen LogP contribution in [0.3, 0.4) is 0 Å². The van der Waals surface area contributed by atoms with E-state index in [-0.39, 0.29) is 5.54 Å². The number of rotatable bonds is 5. The van der Waals surface area contributed by atoms with E-state index < -0.39 is 0 Å². The molecule has 0 saturated heterocycles. The monoisotopic (exact) mass is 291 g/mol. The van der Waals surface area contributed by atoms with Gasteiger partial charge in [0.15, 0.2) is 5.82 Å². The highest BCUT2D eigenvalue weighted by molar-refractivity contribution is 5.08. The van der Waals surface area contributed by atoms with Crippen molar-refractivity contribution < 1.29 is 4.52 Å². The van der Waals surface area contributed by atoms with E-state index in [0.29, 0.717) is 5.92 Å². The first kappa shape index (κ1) is 15.0. The van der Waals surface area contributed by atoms with Crippen LogP contribution in [0.4, 0.5) is 0 Å². The van der Waals surface area contributed by atoms with Crippen LogP contribution in [0, 0.1) is 5.92 Å². The van der Waals surface area contributed by atoms with Crippen molar-refractivity contribution in [3.63, 3.8) is 0 Å². The van der Waals surface area contributed by atoms with E-state index in [4.69, 9.17) is 10.3 Å². The van der Waals surface area contributed by atoms with Crippen molar-refractivity contribution in [2.45, 2.75) is 89.0 Å². The third-order valence-corrected chi connectivity index (χ3v) is 5.54. The Bertz CT molecular complexity index is 443. The van der Waals surface area contributed by atoms with Crippen molar-refractivity contribution in [1.82, 2.24) is 10.1 Å². The lowest BCUT2D eigenvalue weighted by Gasteiger charge is -2.26. The van der Waals surface area contributed by atoms with Gasteiger partial charge in [0.1, 0.15) is 0 Å². The minimum absolute atomic E-state index is 0.319. The molecule has 1 aromatic rings. The lowest BCUT2D eigenvalue weighted by Crippen LogP contribution is -2.34. The molecule has 2 fully saturated rings. The molecule has 1 aromatic heterocycles. The maximum absolute atomic E-state index is 6.42. The van der Waals surface area contributed by atoms with E-state index in [1.165, 1.54) is 57.8 Å². The Balaban J connectivity index is 1.57. The summed E-state index contributed by atoms with van der Waals surface area (Å²) < 4.78 is 5.56. The summed E-state index contributed by atoms with van der Waals surface area (Å²) in [5.41, 5.74) is 6.10. The molecule has 4 heteroatoms. The highest BCUT2D eigenvalue weighted by Gasteiger charge is 2.37. The summed E-state index contributed by atoms with van der Waals surface area (Å²) in [4.78, 5) is 4.67. The number of hydrogen-bond acceptors (Lipinski definition) is 4. The summed E-state index contributed by atoms with van der Waals surface area (Å²) in [7, 11) is 0. The molecule has 2 aliphatic carbocycles. The first-order valence-corrected chi connectivity index (χ1v) is 8.84. The molecule has 3 rings (SSSR count). The van der Waals surface area contributed by atoms with E-state index in [0.717, 1.165) is 30.5 Å². The van der Waals surface area contributed by atoms with Gasteiger partial charge in [0, 0.05) is 5.92 Å². The average Bonchev–Trinajstić information content (AvgIpc) is 3.15. The number of unbranched alkanes of at least 4 members (excludes halogenated alkanes) is 1. The molecule has 0 unspecified atom stereocenters. The fourth-order valence-electron chi connectivity index (χ4n) is 4.02. The fraction of sp³-hybridized carbons (Fsp3) is 0.882. The molecule has 0 aliphatic heterocycles. The summed E-state index contributed by atoms with van der Waals surface area (Å²) in [6, 6.07) is 0. The Hall–Kier alpha value is -0.900. The number of nitrogens with zero attached hydrogens (tertiary/aromatic N) is 2. The topological polar surface area (TPSA) is 64.9 Å². The maximum Gasteiger partial charge on any atom is 0.229 e. The molecule has 0 radical (unpaired) electrons. The van der Waals surface area contributed by atoms with Crippen LogP contribution in [0.25, 0.3) is 0 Å². The van der Waals surface area contributed by atoms with E-state index in [1.807, 2.05) is 0 Å². The van der Waals surface area contributed by atoms with Gasteiger partial charge in [-0.3, -0.25) is 0 Å². The molecule has 2 aliphatic rings. The van der Waals surface area contributed by atoms with Gasteiger partial charge in [-0.15, -0.1) is 0 Å². The van der Waals surface area contributed by atoms with Crippen LogP contribution in [0.5, 0.6) is 0 Å². The van der Waals surface area contributed by atoms with Crippen molar-refractivity contribution in [2.75, 3.05) is 0 Å². The van der Waals surface area contributed by atoms with E-state index in [1.54, 1.807) is 0 Å². The van der Waals surface area contributed by atoms with E-state index >= 15 is 0 Å². The highest BCUT2D eigenvalue weighted by Crippen LogP contribution is 2.39. The summed E-state index contributed by atoms with van der Waals surface area (Å²) in [5, 5.41) is 4.20. The molecule has 0 amide bonds. The second kappa shape index (κ2) is 6.47.